The standard InChI is InChI=1S/C8H15F2NO/c9-8(10)6-11-5-7-1-3-12-4-2-7/h7-8,11H,1-6H2. The Morgan fingerprint density at radius 1 is 1.33 bits per heavy atom. The summed E-state index contributed by atoms with van der Waals surface area (Å²) < 4.78 is 28.6. The normalized spacial score (nSPS) is 20.2. The predicted octanol–water partition coefficient (Wildman–Crippen LogP) is 1.27. The van der Waals surface area contributed by atoms with Crippen molar-refractivity contribution in [1.29, 1.82) is 0 Å². The van der Waals surface area contributed by atoms with Crippen LogP contribution in [0.1, 0.15) is 12.8 Å². The number of rotatable bonds is 4. The minimum absolute atomic E-state index is 0.183. The van der Waals surface area contributed by atoms with Gasteiger partial charge in [-0.3, -0.25) is 0 Å². The van der Waals surface area contributed by atoms with E-state index < -0.39 is 6.43 Å². The molecule has 0 aromatic heterocycles. The van der Waals surface area contributed by atoms with Gasteiger partial charge in [0, 0.05) is 13.2 Å². The molecule has 0 aromatic rings. The molecular formula is C8H15F2NO. The minimum Gasteiger partial charge on any atom is -0.381 e. The van der Waals surface area contributed by atoms with E-state index in [4.69, 9.17) is 4.74 Å². The number of hydrogen-bond donors (Lipinski definition) is 1. The Bertz CT molecular complexity index is 116. The summed E-state index contributed by atoms with van der Waals surface area (Å²) >= 11 is 0. The lowest BCUT2D eigenvalue weighted by Crippen LogP contribution is -2.30. The Balaban J connectivity index is 1.98. The van der Waals surface area contributed by atoms with Crippen LogP contribution >= 0.6 is 0 Å². The van der Waals surface area contributed by atoms with Crippen molar-refractivity contribution in [2.45, 2.75) is 19.3 Å². The molecular weight excluding hydrogens is 164 g/mol. The first-order valence-electron chi connectivity index (χ1n) is 4.35. The van der Waals surface area contributed by atoms with Gasteiger partial charge in [0.2, 0.25) is 0 Å². The summed E-state index contributed by atoms with van der Waals surface area (Å²) in [6.07, 6.45) is -0.239. The third-order valence-corrected chi connectivity index (χ3v) is 2.07. The molecule has 0 bridgehead atoms. The first-order valence-corrected chi connectivity index (χ1v) is 4.35. The van der Waals surface area contributed by atoms with Gasteiger partial charge < -0.3 is 10.1 Å². The fourth-order valence-corrected chi connectivity index (χ4v) is 1.35. The number of halogens is 2. The van der Waals surface area contributed by atoms with Crippen molar-refractivity contribution >= 4 is 0 Å². The van der Waals surface area contributed by atoms with Gasteiger partial charge in [0.05, 0.1) is 6.54 Å². The molecule has 4 heteroatoms. The fourth-order valence-electron chi connectivity index (χ4n) is 1.35. The highest BCUT2D eigenvalue weighted by Gasteiger charge is 2.13. The third kappa shape index (κ3) is 3.97. The zero-order valence-electron chi connectivity index (χ0n) is 7.06. The van der Waals surface area contributed by atoms with Crippen LogP contribution in [0.2, 0.25) is 0 Å². The summed E-state index contributed by atoms with van der Waals surface area (Å²) in [5.41, 5.74) is 0. The molecule has 2 nitrogen and oxygen atoms in total. The van der Waals surface area contributed by atoms with Gasteiger partial charge >= 0.3 is 0 Å². The summed E-state index contributed by atoms with van der Waals surface area (Å²) in [6, 6.07) is 0. The maximum Gasteiger partial charge on any atom is 0.250 e. The molecule has 0 radical (unpaired) electrons. The molecule has 1 fully saturated rings. The van der Waals surface area contributed by atoms with Crippen LogP contribution in [0.15, 0.2) is 0 Å². The molecule has 0 unspecified atom stereocenters. The summed E-state index contributed by atoms with van der Waals surface area (Å²) in [4.78, 5) is 0. The van der Waals surface area contributed by atoms with E-state index in [9.17, 15) is 8.78 Å². The summed E-state index contributed by atoms with van der Waals surface area (Å²) in [5, 5.41) is 2.75. The number of ether oxygens (including phenoxy) is 1. The Kier molecular flexibility index (Phi) is 4.46. The van der Waals surface area contributed by atoms with Gasteiger partial charge in [-0.1, -0.05) is 0 Å². The molecule has 0 aliphatic carbocycles. The molecule has 1 aliphatic rings. The highest BCUT2D eigenvalue weighted by Crippen LogP contribution is 2.12. The van der Waals surface area contributed by atoms with E-state index in [2.05, 4.69) is 5.32 Å². The molecule has 1 heterocycles. The van der Waals surface area contributed by atoms with Crippen LogP contribution in [0.3, 0.4) is 0 Å². The quantitative estimate of drug-likeness (QED) is 0.701. The maximum atomic E-state index is 11.7. The molecule has 72 valence electrons. The smallest absolute Gasteiger partial charge is 0.250 e. The number of nitrogens with one attached hydrogen (secondary N) is 1. The van der Waals surface area contributed by atoms with Gasteiger partial charge in [-0.05, 0) is 25.3 Å². The molecule has 0 aromatic carbocycles. The minimum atomic E-state index is -2.23. The van der Waals surface area contributed by atoms with Crippen LogP contribution < -0.4 is 5.32 Å². The first kappa shape index (κ1) is 9.86. The van der Waals surface area contributed by atoms with Gasteiger partial charge in [-0.15, -0.1) is 0 Å². The molecule has 1 aliphatic heterocycles. The van der Waals surface area contributed by atoms with Gasteiger partial charge in [-0.2, -0.15) is 0 Å². The van der Waals surface area contributed by atoms with Crippen molar-refractivity contribution < 1.29 is 13.5 Å². The fraction of sp³-hybridized carbons (Fsp3) is 1.00. The Morgan fingerprint density at radius 3 is 2.58 bits per heavy atom. The first-order chi connectivity index (χ1) is 5.79. The average Bonchev–Trinajstić information content (AvgIpc) is 2.05. The van der Waals surface area contributed by atoms with E-state index in [0.717, 1.165) is 26.1 Å². The second kappa shape index (κ2) is 5.43. The van der Waals surface area contributed by atoms with Crippen LogP contribution in [0.4, 0.5) is 8.78 Å². The molecule has 0 saturated carbocycles. The zero-order valence-corrected chi connectivity index (χ0v) is 7.06. The van der Waals surface area contributed by atoms with Crippen molar-refractivity contribution in [2.75, 3.05) is 26.3 Å². The van der Waals surface area contributed by atoms with Crippen LogP contribution in [0.25, 0.3) is 0 Å². The van der Waals surface area contributed by atoms with Gasteiger partial charge in [-0.25, -0.2) is 8.78 Å². The van der Waals surface area contributed by atoms with Crippen LogP contribution in [0, 0.1) is 5.92 Å². The van der Waals surface area contributed by atoms with Gasteiger partial charge in [0.25, 0.3) is 6.43 Å². The topological polar surface area (TPSA) is 21.3 Å². The van der Waals surface area contributed by atoms with Crippen LogP contribution in [-0.4, -0.2) is 32.7 Å². The molecule has 1 N–H and O–H groups in total. The molecule has 12 heavy (non-hydrogen) atoms. The zero-order chi connectivity index (χ0) is 8.81. The molecule has 0 atom stereocenters. The largest absolute Gasteiger partial charge is 0.381 e. The Labute approximate surface area is 71.3 Å². The highest BCUT2D eigenvalue weighted by atomic mass is 19.3. The molecule has 1 saturated heterocycles. The third-order valence-electron chi connectivity index (χ3n) is 2.07. The maximum absolute atomic E-state index is 11.7. The van der Waals surface area contributed by atoms with Crippen molar-refractivity contribution in [1.82, 2.24) is 5.32 Å². The lowest BCUT2D eigenvalue weighted by atomic mass is 10.0. The van der Waals surface area contributed by atoms with E-state index in [1.807, 2.05) is 0 Å². The average molecular weight is 179 g/mol. The summed E-state index contributed by atoms with van der Waals surface area (Å²) in [6.45, 7) is 2.08. The van der Waals surface area contributed by atoms with Crippen molar-refractivity contribution in [3.05, 3.63) is 0 Å². The van der Waals surface area contributed by atoms with E-state index in [0.29, 0.717) is 12.5 Å². The lowest BCUT2D eigenvalue weighted by Gasteiger charge is -2.22. The Morgan fingerprint density at radius 2 is 2.00 bits per heavy atom. The number of hydrogen-bond acceptors (Lipinski definition) is 2. The highest BCUT2D eigenvalue weighted by molar-refractivity contribution is 4.66. The van der Waals surface area contributed by atoms with E-state index in [-0.39, 0.29) is 6.54 Å². The van der Waals surface area contributed by atoms with Gasteiger partial charge in [0.15, 0.2) is 0 Å². The second-order valence-electron chi connectivity index (χ2n) is 3.11. The Hall–Kier alpha value is -0.220. The van der Waals surface area contributed by atoms with Crippen molar-refractivity contribution in [3.63, 3.8) is 0 Å². The van der Waals surface area contributed by atoms with Crippen molar-refractivity contribution in [3.8, 4) is 0 Å². The van der Waals surface area contributed by atoms with Gasteiger partial charge in [0.1, 0.15) is 0 Å². The monoisotopic (exact) mass is 179 g/mol. The predicted molar refractivity (Wildman–Crippen MR) is 42.4 cm³/mol. The summed E-state index contributed by atoms with van der Waals surface area (Å²) in [7, 11) is 0. The molecule has 1 rings (SSSR count). The van der Waals surface area contributed by atoms with E-state index in [1.165, 1.54) is 0 Å². The SMILES string of the molecule is FC(F)CNCC1CCOCC1. The van der Waals surface area contributed by atoms with Crippen LogP contribution in [-0.2, 0) is 4.74 Å². The van der Waals surface area contributed by atoms with Crippen LogP contribution in [0.5, 0.6) is 0 Å². The van der Waals surface area contributed by atoms with Crippen molar-refractivity contribution in [2.24, 2.45) is 5.92 Å². The number of alkyl halides is 2. The molecule has 0 spiro atoms. The second-order valence-corrected chi connectivity index (χ2v) is 3.11. The van der Waals surface area contributed by atoms with E-state index >= 15 is 0 Å². The lowest BCUT2D eigenvalue weighted by molar-refractivity contribution is 0.0641. The molecule has 0 amide bonds. The van der Waals surface area contributed by atoms with E-state index in [1.54, 1.807) is 0 Å². The summed E-state index contributed by atoms with van der Waals surface area (Å²) in [5.74, 6) is 0.525.